The number of fused-ring (bicyclic) bond motifs is 1. The number of aromatic nitrogens is 2. The van der Waals surface area contributed by atoms with E-state index in [1.54, 1.807) is 28.9 Å². The summed E-state index contributed by atoms with van der Waals surface area (Å²) < 4.78 is 1.65. The molecule has 0 bridgehead atoms. The molecule has 0 fully saturated rings. The summed E-state index contributed by atoms with van der Waals surface area (Å²) in [5.74, 6) is -0.139. The lowest BCUT2D eigenvalue weighted by atomic mass is 10.0. The maximum absolute atomic E-state index is 10.7. The molecule has 1 aromatic heterocycles. The molecule has 0 aliphatic carbocycles. The maximum Gasteiger partial charge on any atom is 0.303 e. The van der Waals surface area contributed by atoms with Gasteiger partial charge in [0.1, 0.15) is 18.0 Å². The summed E-state index contributed by atoms with van der Waals surface area (Å²) in [6, 6.07) is 14.5. The van der Waals surface area contributed by atoms with Crippen LogP contribution in [0.5, 0.6) is 5.75 Å². The highest BCUT2D eigenvalue weighted by Gasteiger charge is 2.17. The van der Waals surface area contributed by atoms with Gasteiger partial charge in [-0.05, 0) is 36.8 Å². The Morgan fingerprint density at radius 2 is 1.75 bits per heavy atom. The van der Waals surface area contributed by atoms with Gasteiger partial charge < -0.3 is 10.2 Å². The van der Waals surface area contributed by atoms with Gasteiger partial charge in [0.05, 0.1) is 5.39 Å². The SMILES string of the molecule is Nc1c2ccccc2c(-c2ccc(O)cc2)n[n+]1CCCC(=O)O. The average Bonchev–Trinajstić information content (AvgIpc) is 2.58. The second-order valence-corrected chi connectivity index (χ2v) is 5.55. The third kappa shape index (κ3) is 3.12. The van der Waals surface area contributed by atoms with Crippen LogP contribution in [0.15, 0.2) is 48.5 Å². The second-order valence-electron chi connectivity index (χ2n) is 5.55. The van der Waals surface area contributed by atoms with Gasteiger partial charge >= 0.3 is 11.8 Å². The molecule has 0 aliphatic heterocycles. The van der Waals surface area contributed by atoms with Gasteiger partial charge in [-0.1, -0.05) is 23.3 Å². The predicted octanol–water partition coefficient (Wildman–Crippen LogP) is 2.34. The van der Waals surface area contributed by atoms with Crippen LogP contribution in [0.25, 0.3) is 22.0 Å². The normalized spacial score (nSPS) is 10.8. The number of aliphatic carboxylic acids is 1. The molecule has 3 aromatic rings. The quantitative estimate of drug-likeness (QED) is 0.625. The van der Waals surface area contributed by atoms with Crippen LogP contribution in [0.4, 0.5) is 5.82 Å². The summed E-state index contributed by atoms with van der Waals surface area (Å²) in [7, 11) is 0. The van der Waals surface area contributed by atoms with E-state index in [2.05, 4.69) is 5.10 Å². The van der Waals surface area contributed by atoms with Crippen molar-refractivity contribution in [2.45, 2.75) is 19.4 Å². The first-order valence-electron chi connectivity index (χ1n) is 7.66. The highest BCUT2D eigenvalue weighted by molar-refractivity contribution is 5.98. The van der Waals surface area contributed by atoms with Crippen LogP contribution in [0.1, 0.15) is 12.8 Å². The first-order valence-corrected chi connectivity index (χ1v) is 7.66. The summed E-state index contributed by atoms with van der Waals surface area (Å²) in [5, 5.41) is 24.7. The molecule has 24 heavy (non-hydrogen) atoms. The Labute approximate surface area is 138 Å². The molecule has 3 rings (SSSR count). The summed E-state index contributed by atoms with van der Waals surface area (Å²) in [6.45, 7) is 0.425. The summed E-state index contributed by atoms with van der Waals surface area (Å²) in [4.78, 5) is 10.7. The zero-order valence-electron chi connectivity index (χ0n) is 13.0. The van der Waals surface area contributed by atoms with E-state index in [1.807, 2.05) is 24.3 Å². The van der Waals surface area contributed by atoms with Crippen LogP contribution in [0, 0.1) is 0 Å². The van der Waals surface area contributed by atoms with Crippen LogP contribution in [0.2, 0.25) is 0 Å². The fraction of sp³-hybridized carbons (Fsp3) is 0.167. The number of anilines is 1. The minimum atomic E-state index is -0.839. The Hall–Kier alpha value is -3.15. The number of carboxylic acids is 1. The molecule has 0 aliphatic rings. The van der Waals surface area contributed by atoms with E-state index in [0.29, 0.717) is 18.8 Å². The van der Waals surface area contributed by atoms with Gasteiger partial charge in [-0.3, -0.25) is 10.5 Å². The Morgan fingerprint density at radius 1 is 1.08 bits per heavy atom. The van der Waals surface area contributed by atoms with Crippen molar-refractivity contribution < 1.29 is 19.7 Å². The summed E-state index contributed by atoms with van der Waals surface area (Å²) in [6.07, 6.45) is 0.514. The molecular weight excluding hydrogens is 306 g/mol. The third-order valence-electron chi connectivity index (χ3n) is 3.86. The smallest absolute Gasteiger partial charge is 0.303 e. The van der Waals surface area contributed by atoms with E-state index >= 15 is 0 Å². The van der Waals surface area contributed by atoms with Gasteiger partial charge in [0.2, 0.25) is 0 Å². The number of carboxylic acid groups (broad SMARTS) is 1. The fourth-order valence-corrected chi connectivity index (χ4v) is 2.66. The molecule has 2 aromatic carbocycles. The molecule has 0 spiro atoms. The minimum absolute atomic E-state index is 0.0650. The van der Waals surface area contributed by atoms with Gasteiger partial charge in [0, 0.05) is 17.4 Å². The Kier molecular flexibility index (Phi) is 4.29. The number of benzene rings is 2. The van der Waals surface area contributed by atoms with Crippen LogP contribution in [-0.4, -0.2) is 21.3 Å². The monoisotopic (exact) mass is 324 g/mol. The first-order chi connectivity index (χ1) is 11.6. The van der Waals surface area contributed by atoms with Gasteiger partial charge in [0.15, 0.2) is 0 Å². The number of nitrogens with zero attached hydrogens (tertiary/aromatic N) is 2. The molecule has 0 saturated carbocycles. The van der Waals surface area contributed by atoms with E-state index < -0.39 is 5.97 Å². The fourth-order valence-electron chi connectivity index (χ4n) is 2.66. The number of phenolic OH excluding ortho intramolecular Hbond substituents is 1. The maximum atomic E-state index is 10.7. The lowest BCUT2D eigenvalue weighted by Gasteiger charge is -2.09. The number of carbonyl (C=O) groups is 1. The zero-order valence-corrected chi connectivity index (χ0v) is 13.0. The second kappa shape index (κ2) is 6.54. The zero-order chi connectivity index (χ0) is 17.1. The standard InChI is InChI=1S/C18H17N3O3/c19-18-15-5-2-1-4-14(15)17(12-7-9-13(22)10-8-12)20-21(18)11-3-6-16(23)24/h1-2,4-5,7-10,19H,3,6,11H2,(H2,20,22,23,24)/p+1. The number of aryl methyl sites for hydroxylation is 1. The van der Waals surface area contributed by atoms with Crippen molar-refractivity contribution in [2.75, 3.05) is 5.73 Å². The molecule has 0 amide bonds. The Bertz CT molecular complexity index is 892. The highest BCUT2D eigenvalue weighted by Crippen LogP contribution is 2.28. The summed E-state index contributed by atoms with van der Waals surface area (Å²) >= 11 is 0. The van der Waals surface area contributed by atoms with E-state index in [0.717, 1.165) is 22.0 Å². The molecule has 6 nitrogen and oxygen atoms in total. The lowest BCUT2D eigenvalue weighted by Crippen LogP contribution is -2.42. The molecule has 1 heterocycles. The first kappa shape index (κ1) is 15.7. The van der Waals surface area contributed by atoms with Crippen molar-refractivity contribution in [1.82, 2.24) is 5.10 Å². The number of rotatable bonds is 5. The predicted molar refractivity (Wildman–Crippen MR) is 90.3 cm³/mol. The van der Waals surface area contributed by atoms with E-state index in [1.165, 1.54) is 0 Å². The number of hydrogen-bond donors (Lipinski definition) is 3. The van der Waals surface area contributed by atoms with Gasteiger partial charge in [-0.25, -0.2) is 0 Å². The highest BCUT2D eigenvalue weighted by atomic mass is 16.4. The van der Waals surface area contributed by atoms with Crippen LogP contribution >= 0.6 is 0 Å². The molecular formula is C18H18N3O3+. The van der Waals surface area contributed by atoms with E-state index in [4.69, 9.17) is 10.8 Å². The molecule has 122 valence electrons. The Balaban J connectivity index is 2.11. The number of nitrogens with two attached hydrogens (primary N) is 1. The van der Waals surface area contributed by atoms with Crippen LogP contribution in [-0.2, 0) is 11.3 Å². The lowest BCUT2D eigenvalue weighted by molar-refractivity contribution is -0.738. The largest absolute Gasteiger partial charge is 0.508 e. The average molecular weight is 324 g/mol. The van der Waals surface area contributed by atoms with Crippen molar-refractivity contribution >= 4 is 22.6 Å². The Morgan fingerprint density at radius 3 is 2.42 bits per heavy atom. The molecule has 0 unspecified atom stereocenters. The van der Waals surface area contributed by atoms with Crippen LogP contribution < -0.4 is 10.4 Å². The minimum Gasteiger partial charge on any atom is -0.508 e. The van der Waals surface area contributed by atoms with Crippen molar-refractivity contribution in [1.29, 1.82) is 0 Å². The van der Waals surface area contributed by atoms with Crippen molar-refractivity contribution in [3.63, 3.8) is 0 Å². The van der Waals surface area contributed by atoms with Crippen LogP contribution in [0.3, 0.4) is 0 Å². The van der Waals surface area contributed by atoms with Crippen molar-refractivity contribution in [3.8, 4) is 17.0 Å². The van der Waals surface area contributed by atoms with Gasteiger partial charge in [-0.2, -0.15) is 0 Å². The molecule has 6 heteroatoms. The molecule has 0 radical (unpaired) electrons. The molecule has 0 saturated heterocycles. The van der Waals surface area contributed by atoms with E-state index in [9.17, 15) is 9.90 Å². The van der Waals surface area contributed by atoms with Gasteiger partial charge in [0.25, 0.3) is 0 Å². The summed E-state index contributed by atoms with van der Waals surface area (Å²) in [5.41, 5.74) is 7.82. The van der Waals surface area contributed by atoms with Gasteiger partial charge in [-0.15, -0.1) is 4.68 Å². The van der Waals surface area contributed by atoms with Crippen molar-refractivity contribution in [3.05, 3.63) is 48.5 Å². The molecule has 4 N–H and O–H groups in total. The third-order valence-corrected chi connectivity index (χ3v) is 3.86. The van der Waals surface area contributed by atoms with Crippen molar-refractivity contribution in [2.24, 2.45) is 0 Å². The topological polar surface area (TPSA) is 100 Å². The number of hydrogen-bond acceptors (Lipinski definition) is 4. The number of phenols is 1. The molecule has 0 atom stereocenters. The number of nitrogen functional groups attached to an aromatic ring is 1. The van der Waals surface area contributed by atoms with E-state index in [-0.39, 0.29) is 12.2 Å². The number of aromatic hydroxyl groups is 1.